The minimum absolute atomic E-state index is 0.125. The Morgan fingerprint density at radius 2 is 2.00 bits per heavy atom. The van der Waals surface area contributed by atoms with Crippen molar-refractivity contribution in [1.29, 1.82) is 0 Å². The van der Waals surface area contributed by atoms with Crippen LogP contribution in [0.4, 0.5) is 0 Å². The molecule has 0 bridgehead atoms. The number of fused-ring (bicyclic) bond motifs is 1. The lowest BCUT2D eigenvalue weighted by Crippen LogP contribution is -2.49. The molecule has 9 nitrogen and oxygen atoms in total. The molecular formula is C23H30N6O3. The number of amides is 2. The van der Waals surface area contributed by atoms with Crippen LogP contribution in [0.25, 0.3) is 10.9 Å². The van der Waals surface area contributed by atoms with Gasteiger partial charge < -0.3 is 19.9 Å². The summed E-state index contributed by atoms with van der Waals surface area (Å²) in [6.07, 6.45) is 3.31. The number of aliphatic hydroxyl groups is 1. The Bertz CT molecular complexity index is 1130. The van der Waals surface area contributed by atoms with Gasteiger partial charge in [0.25, 0.3) is 0 Å². The van der Waals surface area contributed by atoms with Gasteiger partial charge in [-0.15, -0.1) is 5.10 Å². The maximum absolute atomic E-state index is 13.6. The molecule has 3 atom stereocenters. The van der Waals surface area contributed by atoms with Crippen molar-refractivity contribution < 1.29 is 14.7 Å². The van der Waals surface area contributed by atoms with Gasteiger partial charge in [-0.1, -0.05) is 44.2 Å². The highest BCUT2D eigenvalue weighted by Gasteiger charge is 2.44. The number of hydrogen-bond donors (Lipinski definition) is 2. The van der Waals surface area contributed by atoms with E-state index in [1.54, 1.807) is 10.9 Å². The first-order valence-corrected chi connectivity index (χ1v) is 10.8. The van der Waals surface area contributed by atoms with Gasteiger partial charge in [0.1, 0.15) is 17.8 Å². The highest BCUT2D eigenvalue weighted by Crippen LogP contribution is 2.34. The van der Waals surface area contributed by atoms with Crippen LogP contribution in [0.15, 0.2) is 42.7 Å². The third-order valence-corrected chi connectivity index (χ3v) is 6.00. The van der Waals surface area contributed by atoms with E-state index in [0.717, 1.165) is 16.6 Å². The molecule has 2 aromatic heterocycles. The summed E-state index contributed by atoms with van der Waals surface area (Å²) in [5, 5.41) is 22.5. The highest BCUT2D eigenvalue weighted by molar-refractivity contribution is 5.90. The number of nitrogens with one attached hydrogen (secondary N) is 1. The van der Waals surface area contributed by atoms with Gasteiger partial charge in [0.15, 0.2) is 0 Å². The fourth-order valence-corrected chi connectivity index (χ4v) is 4.48. The number of rotatable bonds is 5. The molecule has 1 saturated heterocycles. The Kier molecular flexibility index (Phi) is 5.77. The number of benzene rings is 1. The third kappa shape index (κ3) is 4.12. The lowest BCUT2D eigenvalue weighted by Gasteiger charge is -2.34. The van der Waals surface area contributed by atoms with E-state index in [-0.39, 0.29) is 24.8 Å². The summed E-state index contributed by atoms with van der Waals surface area (Å²) >= 11 is 0. The molecular weight excluding hydrogens is 408 g/mol. The fraction of sp³-hybridized carbons (Fsp3) is 0.478. The van der Waals surface area contributed by atoms with E-state index < -0.39 is 23.6 Å². The molecule has 0 saturated carbocycles. The molecule has 0 spiro atoms. The molecule has 3 heterocycles. The van der Waals surface area contributed by atoms with E-state index in [4.69, 9.17) is 0 Å². The van der Waals surface area contributed by atoms with E-state index in [1.165, 1.54) is 11.9 Å². The normalized spacial score (nSPS) is 20.0. The average Bonchev–Trinajstić information content (AvgIpc) is 3.46. The number of carbonyl (C=O) groups excluding carboxylic acids is 2. The van der Waals surface area contributed by atoms with Gasteiger partial charge in [0.05, 0.1) is 18.8 Å². The summed E-state index contributed by atoms with van der Waals surface area (Å²) in [6.45, 7) is 6.52. The second kappa shape index (κ2) is 8.38. The molecule has 1 aromatic carbocycles. The lowest BCUT2D eigenvalue weighted by atomic mass is 9.85. The van der Waals surface area contributed by atoms with Gasteiger partial charge >= 0.3 is 0 Å². The van der Waals surface area contributed by atoms with E-state index in [1.807, 2.05) is 39.1 Å². The third-order valence-electron chi connectivity index (χ3n) is 6.00. The zero-order chi connectivity index (χ0) is 23.0. The van der Waals surface area contributed by atoms with Gasteiger partial charge in [0.2, 0.25) is 11.8 Å². The Morgan fingerprint density at radius 1 is 1.25 bits per heavy atom. The van der Waals surface area contributed by atoms with Gasteiger partial charge in [-0.25, -0.2) is 4.68 Å². The minimum atomic E-state index is -0.727. The molecule has 2 amide bonds. The van der Waals surface area contributed by atoms with Crippen LogP contribution in [-0.4, -0.2) is 67.1 Å². The molecule has 0 aliphatic carbocycles. The fourth-order valence-electron chi connectivity index (χ4n) is 4.48. The second-order valence-electron chi connectivity index (χ2n) is 9.47. The number of para-hydroxylation sites is 1. The molecule has 9 heteroatoms. The van der Waals surface area contributed by atoms with Crippen molar-refractivity contribution in [3.05, 3.63) is 48.4 Å². The molecule has 4 rings (SSSR count). The van der Waals surface area contributed by atoms with E-state index in [2.05, 4.69) is 38.4 Å². The summed E-state index contributed by atoms with van der Waals surface area (Å²) in [4.78, 5) is 27.4. The van der Waals surface area contributed by atoms with Crippen molar-refractivity contribution in [2.45, 2.75) is 51.9 Å². The smallest absolute Gasteiger partial charge is 0.248 e. The quantitative estimate of drug-likeness (QED) is 0.629. The molecule has 0 radical (unpaired) electrons. The van der Waals surface area contributed by atoms with Crippen LogP contribution in [-0.2, 0) is 16.1 Å². The summed E-state index contributed by atoms with van der Waals surface area (Å²) in [7, 11) is 1.53. The topological polar surface area (TPSA) is 105 Å². The van der Waals surface area contributed by atoms with Gasteiger partial charge in [-0.2, -0.15) is 0 Å². The first kappa shape index (κ1) is 22.0. The number of hydrogen-bond acceptors (Lipinski definition) is 5. The van der Waals surface area contributed by atoms with Crippen molar-refractivity contribution in [1.82, 2.24) is 29.8 Å². The van der Waals surface area contributed by atoms with Crippen LogP contribution >= 0.6 is 0 Å². The number of carbonyl (C=O) groups is 2. The predicted octanol–water partition coefficient (Wildman–Crippen LogP) is 1.58. The van der Waals surface area contributed by atoms with Gasteiger partial charge in [-0.05, 0) is 22.9 Å². The molecule has 1 aliphatic rings. The Hall–Kier alpha value is -3.20. The van der Waals surface area contributed by atoms with Crippen LogP contribution < -0.4 is 5.32 Å². The van der Waals surface area contributed by atoms with Crippen LogP contribution in [0.5, 0.6) is 0 Å². The molecule has 170 valence electrons. The van der Waals surface area contributed by atoms with Crippen LogP contribution in [0.2, 0.25) is 0 Å². The molecule has 1 fully saturated rings. The van der Waals surface area contributed by atoms with Gasteiger partial charge in [-0.3, -0.25) is 9.59 Å². The first-order valence-electron chi connectivity index (χ1n) is 10.8. The maximum atomic E-state index is 13.6. The van der Waals surface area contributed by atoms with Crippen molar-refractivity contribution in [2.75, 3.05) is 13.6 Å². The van der Waals surface area contributed by atoms with Crippen molar-refractivity contribution >= 4 is 22.7 Å². The summed E-state index contributed by atoms with van der Waals surface area (Å²) in [5.74, 6) is -0.521. The number of likely N-dealkylation sites (tertiary alicyclic amines) is 1. The number of β-amino-alcohol motifs (C(OH)–C–C–N with tert-alkyl or cyclic N) is 1. The number of likely N-dealkylation sites (N-methyl/N-ethyl adjacent to an activating group) is 1. The largest absolute Gasteiger partial charge is 0.391 e. The Morgan fingerprint density at radius 3 is 2.72 bits per heavy atom. The zero-order valence-electron chi connectivity index (χ0n) is 18.9. The predicted molar refractivity (Wildman–Crippen MR) is 120 cm³/mol. The van der Waals surface area contributed by atoms with Crippen LogP contribution in [0, 0.1) is 5.41 Å². The Labute approximate surface area is 187 Å². The SMILES string of the molecule is CNC(=O)C1CC(O)CN1C(=O)[C@@H](n1cc(Cn2ccc3ccccc32)nn1)C(C)(C)C. The number of aliphatic hydroxyl groups excluding tert-OH is 1. The minimum Gasteiger partial charge on any atom is -0.391 e. The molecule has 1 aliphatic heterocycles. The summed E-state index contributed by atoms with van der Waals surface area (Å²) in [5.41, 5.74) is 1.35. The average molecular weight is 439 g/mol. The Balaban J connectivity index is 1.61. The first-order chi connectivity index (χ1) is 15.2. The summed E-state index contributed by atoms with van der Waals surface area (Å²) < 4.78 is 3.69. The summed E-state index contributed by atoms with van der Waals surface area (Å²) in [6, 6.07) is 8.81. The molecule has 3 aromatic rings. The van der Waals surface area contributed by atoms with Crippen molar-refractivity contribution in [3.8, 4) is 0 Å². The standard InChI is InChI=1S/C23H30N6O3/c1-23(2,3)20(22(32)28-14-17(30)11-19(28)21(31)24-4)29-13-16(25-26-29)12-27-10-9-15-7-5-6-8-18(15)27/h5-10,13,17,19-20,30H,11-12,14H2,1-4H3,(H,24,31)/t17?,19?,20-/m1/s1. The number of nitrogens with zero attached hydrogens (tertiary/aromatic N) is 5. The second-order valence-corrected chi connectivity index (χ2v) is 9.47. The molecule has 2 unspecified atom stereocenters. The van der Waals surface area contributed by atoms with Crippen molar-refractivity contribution in [2.24, 2.45) is 5.41 Å². The maximum Gasteiger partial charge on any atom is 0.248 e. The highest BCUT2D eigenvalue weighted by atomic mass is 16.3. The lowest BCUT2D eigenvalue weighted by molar-refractivity contribution is -0.144. The van der Waals surface area contributed by atoms with Crippen LogP contribution in [0.3, 0.4) is 0 Å². The number of aromatic nitrogens is 4. The van der Waals surface area contributed by atoms with E-state index in [0.29, 0.717) is 6.54 Å². The van der Waals surface area contributed by atoms with Crippen molar-refractivity contribution in [3.63, 3.8) is 0 Å². The van der Waals surface area contributed by atoms with Gasteiger partial charge in [0, 0.05) is 31.7 Å². The molecule has 32 heavy (non-hydrogen) atoms. The van der Waals surface area contributed by atoms with E-state index in [9.17, 15) is 14.7 Å². The monoisotopic (exact) mass is 438 g/mol. The van der Waals surface area contributed by atoms with E-state index >= 15 is 0 Å². The zero-order valence-corrected chi connectivity index (χ0v) is 18.9. The van der Waals surface area contributed by atoms with Crippen LogP contribution in [0.1, 0.15) is 38.9 Å². The molecule has 2 N–H and O–H groups in total.